The van der Waals surface area contributed by atoms with Gasteiger partial charge in [0.2, 0.25) is 0 Å². The first kappa shape index (κ1) is 22.4. The van der Waals surface area contributed by atoms with Crippen molar-refractivity contribution in [3.63, 3.8) is 0 Å². The monoisotopic (exact) mass is 529 g/mol. The van der Waals surface area contributed by atoms with Gasteiger partial charge in [0.1, 0.15) is 11.5 Å². The second-order valence-electron chi connectivity index (χ2n) is 6.78. The van der Waals surface area contributed by atoms with E-state index in [2.05, 4.69) is 15.9 Å². The van der Waals surface area contributed by atoms with Crippen molar-refractivity contribution in [3.05, 3.63) is 95.5 Å². The van der Waals surface area contributed by atoms with Crippen LogP contribution < -0.4 is 0 Å². The van der Waals surface area contributed by atoms with E-state index >= 15 is 0 Å². The lowest BCUT2D eigenvalue weighted by Crippen LogP contribution is -2.27. The average Bonchev–Trinajstić information content (AvgIpc) is 3.34. The predicted molar refractivity (Wildman–Crippen MR) is 123 cm³/mol. The van der Waals surface area contributed by atoms with Gasteiger partial charge in [-0.05, 0) is 45.9 Å². The second-order valence-corrected chi connectivity index (χ2v) is 8.62. The Kier molecular flexibility index (Phi) is 6.11. The molecule has 0 unspecified atom stereocenters. The Labute approximate surface area is 198 Å². The third-order valence-corrected chi connectivity index (χ3v) is 6.28. The third kappa shape index (κ3) is 4.56. The number of amides is 2. The third-order valence-electron chi connectivity index (χ3n) is 4.72. The number of benzene rings is 2. The Hall–Kier alpha value is -3.77. The first-order valence-electron chi connectivity index (χ1n) is 9.26. The summed E-state index contributed by atoms with van der Waals surface area (Å²) in [5, 5.41) is 21.6. The topological polar surface area (TPSA) is 137 Å². The van der Waals surface area contributed by atoms with Gasteiger partial charge in [0.25, 0.3) is 22.5 Å². The van der Waals surface area contributed by atoms with Crippen molar-refractivity contribution in [3.8, 4) is 11.3 Å². The van der Waals surface area contributed by atoms with Crippen molar-refractivity contribution in [1.29, 1.82) is 0 Å². The van der Waals surface area contributed by atoms with E-state index in [-0.39, 0.29) is 28.4 Å². The molecule has 0 aliphatic carbocycles. The molecule has 2 aromatic carbocycles. The van der Waals surface area contributed by atoms with Crippen LogP contribution in [0.5, 0.6) is 0 Å². The first-order valence-corrected chi connectivity index (χ1v) is 10.9. The first-order chi connectivity index (χ1) is 15.7. The maximum Gasteiger partial charge on any atom is 0.293 e. The predicted octanol–water partition coefficient (Wildman–Crippen LogP) is 5.76. The number of rotatable bonds is 6. The van der Waals surface area contributed by atoms with E-state index in [1.54, 1.807) is 18.2 Å². The molecule has 12 heteroatoms. The molecule has 1 saturated heterocycles. The molecule has 0 bridgehead atoms. The molecule has 0 spiro atoms. The van der Waals surface area contributed by atoms with Crippen LogP contribution in [0, 0.1) is 20.2 Å². The number of non-ortho nitro benzene ring substituents is 1. The number of halogens is 1. The van der Waals surface area contributed by atoms with Crippen LogP contribution in [-0.4, -0.2) is 25.9 Å². The van der Waals surface area contributed by atoms with Crippen molar-refractivity contribution in [2.24, 2.45) is 0 Å². The van der Waals surface area contributed by atoms with Gasteiger partial charge in [0, 0.05) is 39.9 Å². The van der Waals surface area contributed by atoms with E-state index in [0.29, 0.717) is 33.3 Å². The molecule has 0 radical (unpaired) electrons. The standard InChI is InChI=1S/C21H12BrN3O7S/c22-16-9-13(24(28)29)5-7-15(16)18-8-6-14(32-18)10-19-20(26)23(21(27)33-19)11-12-3-1-2-4-17(12)25(30)31/h1-10H,11H2/b19-10-. The highest BCUT2D eigenvalue weighted by Gasteiger charge is 2.36. The fraction of sp³-hybridized carbons (Fsp3) is 0.0476. The van der Waals surface area contributed by atoms with Gasteiger partial charge in [0.05, 0.1) is 21.3 Å². The van der Waals surface area contributed by atoms with E-state index in [1.807, 2.05) is 0 Å². The molecule has 0 N–H and O–H groups in total. The van der Waals surface area contributed by atoms with Gasteiger partial charge < -0.3 is 4.42 Å². The van der Waals surface area contributed by atoms with E-state index in [0.717, 1.165) is 4.90 Å². The highest BCUT2D eigenvalue weighted by Crippen LogP contribution is 2.36. The molecule has 166 valence electrons. The lowest BCUT2D eigenvalue weighted by Gasteiger charge is -2.12. The number of carbonyl (C=O) groups excluding carboxylic acids is 2. The summed E-state index contributed by atoms with van der Waals surface area (Å²) in [4.78, 5) is 47.3. The molecule has 3 aromatic rings. The maximum atomic E-state index is 12.8. The van der Waals surface area contributed by atoms with Crippen LogP contribution in [0.25, 0.3) is 17.4 Å². The Morgan fingerprint density at radius 3 is 2.48 bits per heavy atom. The summed E-state index contributed by atoms with van der Waals surface area (Å²) >= 11 is 3.99. The van der Waals surface area contributed by atoms with E-state index < -0.39 is 21.0 Å². The fourth-order valence-corrected chi connectivity index (χ4v) is 4.53. The quantitative estimate of drug-likeness (QED) is 0.223. The number of nitro benzene ring substituents is 2. The van der Waals surface area contributed by atoms with Crippen LogP contribution in [0.15, 0.2) is 68.4 Å². The lowest BCUT2D eigenvalue weighted by molar-refractivity contribution is -0.385. The molecule has 1 aromatic heterocycles. The van der Waals surface area contributed by atoms with Gasteiger partial charge in [0.15, 0.2) is 0 Å². The minimum Gasteiger partial charge on any atom is -0.457 e. The van der Waals surface area contributed by atoms with Crippen LogP contribution >= 0.6 is 27.7 Å². The number of nitrogens with zero attached hydrogens (tertiary/aromatic N) is 3. The van der Waals surface area contributed by atoms with Crippen molar-refractivity contribution in [2.75, 3.05) is 0 Å². The van der Waals surface area contributed by atoms with E-state index in [4.69, 9.17) is 4.42 Å². The summed E-state index contributed by atoms with van der Waals surface area (Å²) < 4.78 is 6.20. The van der Waals surface area contributed by atoms with Gasteiger partial charge in [-0.15, -0.1) is 0 Å². The minimum absolute atomic E-state index is 0.0790. The van der Waals surface area contributed by atoms with E-state index in [1.165, 1.54) is 42.5 Å². The van der Waals surface area contributed by atoms with Crippen molar-refractivity contribution in [2.45, 2.75) is 6.54 Å². The molecule has 33 heavy (non-hydrogen) atoms. The Bertz CT molecular complexity index is 1350. The van der Waals surface area contributed by atoms with Gasteiger partial charge in [-0.1, -0.05) is 18.2 Å². The molecule has 2 amide bonds. The fourth-order valence-electron chi connectivity index (χ4n) is 3.15. The maximum absolute atomic E-state index is 12.8. The summed E-state index contributed by atoms with van der Waals surface area (Å²) in [6, 6.07) is 13.4. The number of carbonyl (C=O) groups is 2. The smallest absolute Gasteiger partial charge is 0.293 e. The average molecular weight is 530 g/mol. The van der Waals surface area contributed by atoms with Crippen LogP contribution in [0.2, 0.25) is 0 Å². The molecule has 1 aliphatic rings. The van der Waals surface area contributed by atoms with Gasteiger partial charge >= 0.3 is 0 Å². The van der Waals surface area contributed by atoms with E-state index in [9.17, 15) is 29.8 Å². The molecule has 0 atom stereocenters. The zero-order chi connectivity index (χ0) is 23.7. The number of para-hydroxylation sites is 1. The molecule has 10 nitrogen and oxygen atoms in total. The number of hydrogen-bond donors (Lipinski definition) is 0. The number of furan rings is 1. The summed E-state index contributed by atoms with van der Waals surface area (Å²) in [6.45, 7) is -0.224. The second kappa shape index (κ2) is 9.00. The largest absolute Gasteiger partial charge is 0.457 e. The molecule has 1 fully saturated rings. The molecule has 4 rings (SSSR count). The SMILES string of the molecule is O=C1S/C(=C\c2ccc(-c3ccc([N+](=O)[O-])cc3Br)o2)C(=O)N1Cc1ccccc1[N+](=O)[O-]. The summed E-state index contributed by atoms with van der Waals surface area (Å²) in [5.41, 5.74) is 0.564. The molecular formula is C21H12BrN3O7S. The Morgan fingerprint density at radius 1 is 1.03 bits per heavy atom. The zero-order valence-corrected chi connectivity index (χ0v) is 18.9. The molecule has 0 saturated carbocycles. The summed E-state index contributed by atoms with van der Waals surface area (Å²) in [7, 11) is 0. The Balaban J connectivity index is 1.56. The highest BCUT2D eigenvalue weighted by molar-refractivity contribution is 9.10. The minimum atomic E-state index is -0.586. The van der Waals surface area contributed by atoms with Gasteiger partial charge in [-0.3, -0.25) is 34.7 Å². The molecular weight excluding hydrogens is 518 g/mol. The van der Waals surface area contributed by atoms with Crippen LogP contribution in [0.3, 0.4) is 0 Å². The van der Waals surface area contributed by atoms with Crippen LogP contribution in [0.1, 0.15) is 11.3 Å². The Morgan fingerprint density at radius 2 is 1.79 bits per heavy atom. The highest BCUT2D eigenvalue weighted by atomic mass is 79.9. The summed E-state index contributed by atoms with van der Waals surface area (Å²) in [5.74, 6) is 0.117. The van der Waals surface area contributed by atoms with Crippen molar-refractivity contribution >= 4 is 56.3 Å². The van der Waals surface area contributed by atoms with Crippen molar-refractivity contribution < 1.29 is 23.9 Å². The van der Waals surface area contributed by atoms with Gasteiger partial charge in [-0.25, -0.2) is 0 Å². The zero-order valence-electron chi connectivity index (χ0n) is 16.5. The number of imide groups is 1. The summed E-state index contributed by atoms with van der Waals surface area (Å²) in [6.07, 6.45) is 1.41. The normalized spacial score (nSPS) is 14.8. The number of hydrogen-bond acceptors (Lipinski definition) is 8. The molecule has 1 aliphatic heterocycles. The van der Waals surface area contributed by atoms with Crippen molar-refractivity contribution in [1.82, 2.24) is 4.90 Å². The number of nitro groups is 2. The van der Waals surface area contributed by atoms with Crippen LogP contribution in [-0.2, 0) is 11.3 Å². The number of thioether (sulfide) groups is 1. The van der Waals surface area contributed by atoms with Crippen LogP contribution in [0.4, 0.5) is 16.2 Å². The molecule has 2 heterocycles. The lowest BCUT2D eigenvalue weighted by atomic mass is 10.1. The van der Waals surface area contributed by atoms with Gasteiger partial charge in [-0.2, -0.15) is 0 Å².